The van der Waals surface area contributed by atoms with E-state index >= 15 is 0 Å². The Hall–Kier alpha value is -2.02. The molecule has 6 nitrogen and oxygen atoms in total. The van der Waals surface area contributed by atoms with E-state index < -0.39 is 0 Å². The summed E-state index contributed by atoms with van der Waals surface area (Å²) in [7, 11) is 0. The van der Waals surface area contributed by atoms with Crippen LogP contribution >= 0.6 is 11.8 Å². The van der Waals surface area contributed by atoms with Crippen molar-refractivity contribution in [3.8, 4) is 17.2 Å². The van der Waals surface area contributed by atoms with Crippen LogP contribution in [-0.2, 0) is 4.79 Å². The van der Waals surface area contributed by atoms with Gasteiger partial charge in [-0.25, -0.2) is 0 Å². The van der Waals surface area contributed by atoms with Crippen molar-refractivity contribution >= 4 is 17.7 Å². The molecular formula is C20H27N3O3S. The van der Waals surface area contributed by atoms with Gasteiger partial charge in [0.1, 0.15) is 5.75 Å². The molecule has 1 N–H and O–H groups in total. The lowest BCUT2D eigenvalue weighted by molar-refractivity contribution is -0.120. The monoisotopic (exact) mass is 389 g/mol. The zero-order chi connectivity index (χ0) is 19.2. The molecule has 1 aromatic carbocycles. The average molecular weight is 390 g/mol. The van der Waals surface area contributed by atoms with Crippen molar-refractivity contribution in [2.45, 2.75) is 51.3 Å². The van der Waals surface area contributed by atoms with E-state index in [4.69, 9.17) is 9.15 Å². The van der Waals surface area contributed by atoms with Crippen LogP contribution in [0.1, 0.15) is 40.0 Å². The minimum absolute atomic E-state index is 0.0143. The van der Waals surface area contributed by atoms with E-state index in [2.05, 4.69) is 29.4 Å². The van der Waals surface area contributed by atoms with Crippen LogP contribution in [0.2, 0.25) is 0 Å². The van der Waals surface area contributed by atoms with Gasteiger partial charge in [0, 0.05) is 6.04 Å². The molecule has 27 heavy (non-hydrogen) atoms. The summed E-state index contributed by atoms with van der Waals surface area (Å²) in [6.07, 6.45) is 3.48. The van der Waals surface area contributed by atoms with Gasteiger partial charge < -0.3 is 14.5 Å². The molecule has 146 valence electrons. The maximum atomic E-state index is 12.3. The van der Waals surface area contributed by atoms with E-state index in [-0.39, 0.29) is 17.7 Å². The zero-order valence-electron chi connectivity index (χ0n) is 16.1. The third-order valence-corrected chi connectivity index (χ3v) is 6.02. The van der Waals surface area contributed by atoms with Gasteiger partial charge in [0.2, 0.25) is 5.91 Å². The number of carbonyl (C=O) groups excluding carboxylic acids is 1. The number of benzene rings is 1. The number of aromatic nitrogens is 2. The lowest BCUT2D eigenvalue weighted by Gasteiger charge is -2.34. The van der Waals surface area contributed by atoms with Crippen LogP contribution in [0.15, 0.2) is 33.9 Å². The van der Waals surface area contributed by atoms with E-state index in [1.807, 2.05) is 31.2 Å². The normalized spacial score (nSPS) is 22.4. The van der Waals surface area contributed by atoms with Crippen LogP contribution in [0, 0.1) is 11.8 Å². The van der Waals surface area contributed by atoms with Crippen molar-refractivity contribution in [2.24, 2.45) is 11.8 Å². The predicted octanol–water partition coefficient (Wildman–Crippen LogP) is 4.17. The van der Waals surface area contributed by atoms with Crippen molar-refractivity contribution in [3.05, 3.63) is 24.3 Å². The fraction of sp³-hybridized carbons (Fsp3) is 0.550. The van der Waals surface area contributed by atoms with E-state index in [1.54, 1.807) is 0 Å². The van der Waals surface area contributed by atoms with Crippen molar-refractivity contribution in [3.63, 3.8) is 0 Å². The molecule has 3 unspecified atom stereocenters. The number of carbonyl (C=O) groups is 1. The first-order valence-corrected chi connectivity index (χ1v) is 10.5. The molecule has 3 atom stereocenters. The molecule has 1 saturated carbocycles. The average Bonchev–Trinajstić information content (AvgIpc) is 3.13. The third-order valence-electron chi connectivity index (χ3n) is 5.20. The fourth-order valence-corrected chi connectivity index (χ4v) is 4.04. The maximum Gasteiger partial charge on any atom is 0.277 e. The van der Waals surface area contributed by atoms with E-state index in [1.165, 1.54) is 24.6 Å². The lowest BCUT2D eigenvalue weighted by atomic mass is 9.78. The zero-order valence-corrected chi connectivity index (χ0v) is 16.9. The Bertz CT molecular complexity index is 764. The van der Waals surface area contributed by atoms with Gasteiger partial charge >= 0.3 is 0 Å². The topological polar surface area (TPSA) is 77.2 Å². The quantitative estimate of drug-likeness (QED) is 0.716. The number of nitrogens with one attached hydrogen (secondary N) is 1. The molecule has 3 rings (SSSR count). The largest absolute Gasteiger partial charge is 0.493 e. The summed E-state index contributed by atoms with van der Waals surface area (Å²) in [5.41, 5.74) is 0.758. The molecule has 1 aliphatic carbocycles. The molecule has 2 aromatic rings. The van der Waals surface area contributed by atoms with Gasteiger partial charge in [-0.2, -0.15) is 0 Å². The second-order valence-corrected chi connectivity index (χ2v) is 7.96. The highest BCUT2D eigenvalue weighted by Crippen LogP contribution is 2.31. The first-order valence-electron chi connectivity index (χ1n) is 9.56. The molecule has 1 fully saturated rings. The third kappa shape index (κ3) is 5.03. The van der Waals surface area contributed by atoms with Crippen LogP contribution in [-0.4, -0.2) is 34.5 Å². The summed E-state index contributed by atoms with van der Waals surface area (Å²) >= 11 is 1.26. The highest BCUT2D eigenvalue weighted by Gasteiger charge is 2.28. The van der Waals surface area contributed by atoms with Crippen LogP contribution in [0.4, 0.5) is 0 Å². The Kier molecular flexibility index (Phi) is 6.77. The highest BCUT2D eigenvalue weighted by atomic mass is 32.2. The standard InChI is InChI=1S/C20H27N3O3S/c1-4-25-17-11-6-5-9-15(17)19-22-23-20(26-19)27-12-18(24)21-16-10-7-8-13(2)14(16)3/h5-6,9,11,13-14,16H,4,7-8,10,12H2,1-3H3,(H,21,24). The molecular weight excluding hydrogens is 362 g/mol. The second-order valence-electron chi connectivity index (χ2n) is 7.03. The van der Waals surface area contributed by atoms with Gasteiger partial charge in [0.15, 0.2) is 0 Å². The van der Waals surface area contributed by atoms with Crippen molar-refractivity contribution in [2.75, 3.05) is 12.4 Å². The first kappa shape index (κ1) is 19.7. The SMILES string of the molecule is CCOc1ccccc1-c1nnc(SCC(=O)NC2CCCC(C)C2C)o1. The van der Waals surface area contributed by atoms with Gasteiger partial charge in [-0.1, -0.05) is 50.6 Å². The number of hydrogen-bond acceptors (Lipinski definition) is 6. The first-order chi connectivity index (χ1) is 13.1. The highest BCUT2D eigenvalue weighted by molar-refractivity contribution is 7.99. The number of ether oxygens (including phenoxy) is 1. The minimum atomic E-state index is 0.0143. The molecule has 7 heteroatoms. The maximum absolute atomic E-state index is 12.3. The van der Waals surface area contributed by atoms with Gasteiger partial charge in [-0.05, 0) is 37.3 Å². The van der Waals surface area contributed by atoms with Crippen LogP contribution in [0.5, 0.6) is 5.75 Å². The summed E-state index contributed by atoms with van der Waals surface area (Å²) < 4.78 is 11.3. The molecule has 1 amide bonds. The van der Waals surface area contributed by atoms with Crippen molar-refractivity contribution < 1.29 is 13.9 Å². The Balaban J connectivity index is 1.56. The summed E-state index contributed by atoms with van der Waals surface area (Å²) in [5.74, 6) is 2.56. The Morgan fingerprint density at radius 2 is 2.11 bits per heavy atom. The predicted molar refractivity (Wildman–Crippen MR) is 106 cm³/mol. The number of para-hydroxylation sites is 1. The minimum Gasteiger partial charge on any atom is -0.493 e. The molecule has 0 bridgehead atoms. The van der Waals surface area contributed by atoms with Crippen LogP contribution < -0.4 is 10.1 Å². The number of nitrogens with zero attached hydrogens (tertiary/aromatic N) is 2. The molecule has 0 radical (unpaired) electrons. The van der Waals surface area contributed by atoms with Crippen LogP contribution in [0.25, 0.3) is 11.5 Å². The summed E-state index contributed by atoms with van der Waals surface area (Å²) in [4.78, 5) is 12.3. The fourth-order valence-electron chi connectivity index (χ4n) is 3.46. The molecule has 1 aromatic heterocycles. The smallest absolute Gasteiger partial charge is 0.277 e. The van der Waals surface area contributed by atoms with E-state index in [9.17, 15) is 4.79 Å². The molecule has 0 saturated heterocycles. The van der Waals surface area contributed by atoms with E-state index in [0.717, 1.165) is 12.0 Å². The number of rotatable bonds is 7. The Morgan fingerprint density at radius 3 is 2.93 bits per heavy atom. The molecule has 1 heterocycles. The van der Waals surface area contributed by atoms with Gasteiger partial charge in [-0.15, -0.1) is 10.2 Å². The van der Waals surface area contributed by atoms with Gasteiger partial charge in [-0.3, -0.25) is 4.79 Å². The molecule has 1 aliphatic rings. The summed E-state index contributed by atoms with van der Waals surface area (Å²) in [6.45, 7) is 6.98. The number of thioether (sulfide) groups is 1. The number of hydrogen-bond donors (Lipinski definition) is 1. The Morgan fingerprint density at radius 1 is 1.30 bits per heavy atom. The second kappa shape index (κ2) is 9.26. The number of amides is 1. The van der Waals surface area contributed by atoms with E-state index in [0.29, 0.717) is 35.3 Å². The lowest BCUT2D eigenvalue weighted by Crippen LogP contribution is -2.44. The Labute approximate surface area is 164 Å². The molecule has 0 spiro atoms. The van der Waals surface area contributed by atoms with Crippen molar-refractivity contribution in [1.82, 2.24) is 15.5 Å². The van der Waals surface area contributed by atoms with Gasteiger partial charge in [0.25, 0.3) is 11.1 Å². The molecule has 0 aliphatic heterocycles. The summed E-state index contributed by atoms with van der Waals surface area (Å²) in [6, 6.07) is 7.81. The van der Waals surface area contributed by atoms with Gasteiger partial charge in [0.05, 0.1) is 17.9 Å². The van der Waals surface area contributed by atoms with Crippen molar-refractivity contribution in [1.29, 1.82) is 0 Å². The van der Waals surface area contributed by atoms with Crippen LogP contribution in [0.3, 0.4) is 0 Å². The summed E-state index contributed by atoms with van der Waals surface area (Å²) in [5, 5.41) is 11.7.